The third-order valence-electron chi connectivity index (χ3n) is 4.96. The zero-order chi connectivity index (χ0) is 25.2. The average Bonchev–Trinajstić information content (AvgIpc) is 3.42. The lowest BCUT2D eigenvalue weighted by atomic mass is 10.2. The number of fused-ring (bicyclic) bond motifs is 1. The summed E-state index contributed by atoms with van der Waals surface area (Å²) in [7, 11) is -1.09. The number of imidazole rings is 2. The summed E-state index contributed by atoms with van der Waals surface area (Å²) in [6, 6.07) is 2.05. The summed E-state index contributed by atoms with van der Waals surface area (Å²) < 4.78 is 95.8. The highest BCUT2D eigenvalue weighted by molar-refractivity contribution is 9.10. The standard InChI is InChI=1S/C17H14BrF5N8O2S/c1-4-34(32,33)14-11(25-15(30(14)3)31-6-5-10(18)28-31)13-24-8-7-9(16(19,20)17(21,22)23)26-27-12(8)29(13)2/h5-7H,4H2,1-3H3. The Morgan fingerprint density at radius 3 is 2.29 bits per heavy atom. The van der Waals surface area contributed by atoms with Gasteiger partial charge in [0.15, 0.2) is 26.3 Å². The number of hydrogen-bond acceptors (Lipinski definition) is 7. The maximum atomic E-state index is 13.8. The molecular formula is C17H14BrF5N8O2S. The van der Waals surface area contributed by atoms with Crippen molar-refractivity contribution in [3.05, 3.63) is 28.6 Å². The molecule has 0 spiro atoms. The fourth-order valence-electron chi connectivity index (χ4n) is 3.23. The molecule has 4 heterocycles. The first-order valence-corrected chi connectivity index (χ1v) is 11.8. The molecule has 0 amide bonds. The lowest BCUT2D eigenvalue weighted by Crippen LogP contribution is -2.34. The molecule has 0 aliphatic rings. The Hall–Kier alpha value is -2.95. The van der Waals surface area contributed by atoms with Crippen LogP contribution in [0.3, 0.4) is 0 Å². The van der Waals surface area contributed by atoms with Crippen molar-refractivity contribution in [1.29, 1.82) is 0 Å². The van der Waals surface area contributed by atoms with E-state index in [-0.39, 0.29) is 39.4 Å². The van der Waals surface area contributed by atoms with Gasteiger partial charge in [0.05, 0.1) is 5.75 Å². The van der Waals surface area contributed by atoms with Crippen LogP contribution < -0.4 is 0 Å². The summed E-state index contributed by atoms with van der Waals surface area (Å²) in [4.78, 5) is 8.43. The monoisotopic (exact) mass is 568 g/mol. The molecule has 0 aromatic carbocycles. The van der Waals surface area contributed by atoms with Crippen molar-refractivity contribution in [2.24, 2.45) is 14.1 Å². The van der Waals surface area contributed by atoms with Crippen LogP contribution in [0, 0.1) is 0 Å². The molecule has 4 aromatic rings. The number of rotatable bonds is 5. The van der Waals surface area contributed by atoms with E-state index in [0.29, 0.717) is 10.7 Å². The Morgan fingerprint density at radius 2 is 1.74 bits per heavy atom. The lowest BCUT2D eigenvalue weighted by molar-refractivity contribution is -0.291. The summed E-state index contributed by atoms with van der Waals surface area (Å²) in [5.74, 6) is -5.59. The molecule has 0 radical (unpaired) electrons. The van der Waals surface area contributed by atoms with Crippen molar-refractivity contribution in [3.8, 4) is 17.5 Å². The SMILES string of the molecule is CCS(=O)(=O)c1c(-c2nc3cc(C(F)(F)C(F)(F)F)nnc3n2C)nc(-n2ccc(Br)n2)n1C. The second-order valence-electron chi connectivity index (χ2n) is 7.12. The second kappa shape index (κ2) is 7.79. The average molecular weight is 569 g/mol. The molecule has 0 saturated carbocycles. The Morgan fingerprint density at radius 1 is 1.06 bits per heavy atom. The third-order valence-corrected chi connectivity index (χ3v) is 7.20. The van der Waals surface area contributed by atoms with Crippen molar-refractivity contribution >= 4 is 36.9 Å². The van der Waals surface area contributed by atoms with E-state index in [4.69, 9.17) is 0 Å². The first-order chi connectivity index (χ1) is 15.7. The number of hydrogen-bond donors (Lipinski definition) is 0. The molecule has 0 N–H and O–H groups in total. The molecule has 10 nitrogen and oxygen atoms in total. The normalized spacial score (nSPS) is 13.2. The van der Waals surface area contributed by atoms with Gasteiger partial charge in [-0.2, -0.15) is 27.1 Å². The molecule has 0 unspecified atom stereocenters. The number of alkyl halides is 5. The molecule has 4 rings (SSSR count). The van der Waals surface area contributed by atoms with Crippen LogP contribution in [0.5, 0.6) is 0 Å². The molecule has 0 bridgehead atoms. The number of halogens is 6. The van der Waals surface area contributed by atoms with Crippen molar-refractivity contribution in [3.63, 3.8) is 0 Å². The molecular weight excluding hydrogens is 555 g/mol. The predicted octanol–water partition coefficient (Wildman–Crippen LogP) is 3.16. The van der Waals surface area contributed by atoms with Crippen LogP contribution in [0.2, 0.25) is 0 Å². The fourth-order valence-corrected chi connectivity index (χ4v) is 4.72. The third kappa shape index (κ3) is 3.66. The first kappa shape index (κ1) is 24.2. The van der Waals surface area contributed by atoms with Crippen LogP contribution >= 0.6 is 15.9 Å². The zero-order valence-corrected chi connectivity index (χ0v) is 19.9. The van der Waals surface area contributed by atoms with E-state index in [1.54, 1.807) is 6.07 Å². The predicted molar refractivity (Wildman–Crippen MR) is 111 cm³/mol. The van der Waals surface area contributed by atoms with E-state index in [9.17, 15) is 30.4 Å². The summed E-state index contributed by atoms with van der Waals surface area (Å²) in [6.45, 7) is 1.42. The minimum Gasteiger partial charge on any atom is -0.309 e. The van der Waals surface area contributed by atoms with Crippen molar-refractivity contribution in [2.45, 2.75) is 24.0 Å². The van der Waals surface area contributed by atoms with Gasteiger partial charge in [-0.3, -0.25) is 0 Å². The molecule has 0 fully saturated rings. The van der Waals surface area contributed by atoms with E-state index in [0.717, 1.165) is 0 Å². The van der Waals surface area contributed by atoms with Gasteiger partial charge < -0.3 is 9.13 Å². The van der Waals surface area contributed by atoms with E-state index in [2.05, 4.69) is 41.2 Å². The van der Waals surface area contributed by atoms with Gasteiger partial charge in [-0.15, -0.1) is 10.2 Å². The summed E-state index contributed by atoms with van der Waals surface area (Å²) in [5, 5.41) is 10.4. The molecule has 182 valence electrons. The number of sulfone groups is 1. The smallest absolute Gasteiger partial charge is 0.309 e. The highest BCUT2D eigenvalue weighted by Crippen LogP contribution is 2.43. The minimum atomic E-state index is -5.89. The highest BCUT2D eigenvalue weighted by atomic mass is 79.9. The van der Waals surface area contributed by atoms with E-state index in [1.165, 1.54) is 41.0 Å². The van der Waals surface area contributed by atoms with Crippen LogP contribution in [-0.4, -0.2) is 59.4 Å². The molecule has 0 saturated heterocycles. The maximum Gasteiger partial charge on any atom is 0.459 e. The van der Waals surface area contributed by atoms with Gasteiger partial charge in [-0.1, -0.05) is 6.92 Å². The minimum absolute atomic E-state index is 0.0927. The quantitative estimate of drug-likeness (QED) is 0.340. The van der Waals surface area contributed by atoms with E-state index in [1.807, 2.05) is 0 Å². The Kier molecular flexibility index (Phi) is 5.54. The number of aryl methyl sites for hydroxylation is 1. The summed E-state index contributed by atoms with van der Waals surface area (Å²) >= 11 is 3.19. The fraction of sp³-hybridized carbons (Fsp3) is 0.353. The van der Waals surface area contributed by atoms with Gasteiger partial charge in [-0.05, 0) is 28.1 Å². The molecule has 34 heavy (non-hydrogen) atoms. The van der Waals surface area contributed by atoms with Crippen LogP contribution in [0.25, 0.3) is 28.6 Å². The first-order valence-electron chi connectivity index (χ1n) is 9.35. The van der Waals surface area contributed by atoms with Gasteiger partial charge >= 0.3 is 12.1 Å². The molecule has 0 aliphatic carbocycles. The Balaban J connectivity index is 1.98. The molecule has 4 aromatic heterocycles. The summed E-state index contributed by atoms with van der Waals surface area (Å²) in [5.41, 5.74) is -2.29. The van der Waals surface area contributed by atoms with Crippen molar-refractivity contribution in [1.82, 2.24) is 39.1 Å². The van der Waals surface area contributed by atoms with Gasteiger partial charge in [-0.25, -0.2) is 23.1 Å². The Labute approximate surface area is 196 Å². The number of nitrogens with zero attached hydrogens (tertiary/aromatic N) is 8. The summed E-state index contributed by atoms with van der Waals surface area (Å²) in [6.07, 6.45) is -4.37. The van der Waals surface area contributed by atoms with Gasteiger partial charge in [0.25, 0.3) is 0 Å². The van der Waals surface area contributed by atoms with Crippen LogP contribution in [0.1, 0.15) is 12.6 Å². The van der Waals surface area contributed by atoms with Crippen LogP contribution in [0.15, 0.2) is 28.0 Å². The molecule has 0 aliphatic heterocycles. The van der Waals surface area contributed by atoms with Gasteiger partial charge in [0.2, 0.25) is 5.95 Å². The van der Waals surface area contributed by atoms with Gasteiger partial charge in [0.1, 0.15) is 21.5 Å². The number of aromatic nitrogens is 8. The van der Waals surface area contributed by atoms with E-state index < -0.39 is 27.6 Å². The maximum absolute atomic E-state index is 13.8. The zero-order valence-electron chi connectivity index (χ0n) is 17.5. The van der Waals surface area contributed by atoms with Gasteiger partial charge in [0, 0.05) is 20.3 Å². The lowest BCUT2D eigenvalue weighted by Gasteiger charge is -2.17. The topological polar surface area (TPSA) is 113 Å². The van der Waals surface area contributed by atoms with E-state index >= 15 is 0 Å². The highest BCUT2D eigenvalue weighted by Gasteiger charge is 2.60. The van der Waals surface area contributed by atoms with Crippen molar-refractivity contribution < 1.29 is 30.4 Å². The van der Waals surface area contributed by atoms with Crippen LogP contribution in [0.4, 0.5) is 22.0 Å². The second-order valence-corrected chi connectivity index (χ2v) is 10.1. The Bertz CT molecular complexity index is 1520. The molecule has 0 atom stereocenters. The molecule has 17 heteroatoms. The van der Waals surface area contributed by atoms with Crippen molar-refractivity contribution in [2.75, 3.05) is 5.75 Å². The van der Waals surface area contributed by atoms with Crippen LogP contribution in [-0.2, 0) is 29.9 Å². The largest absolute Gasteiger partial charge is 0.459 e.